The van der Waals surface area contributed by atoms with E-state index in [2.05, 4.69) is 0 Å². The highest BCUT2D eigenvalue weighted by Crippen LogP contribution is 2.22. The van der Waals surface area contributed by atoms with Crippen molar-refractivity contribution in [3.8, 4) is 5.75 Å². The van der Waals surface area contributed by atoms with Crippen LogP contribution in [0.2, 0.25) is 0 Å². The van der Waals surface area contributed by atoms with Crippen molar-refractivity contribution < 1.29 is 9.13 Å². The van der Waals surface area contributed by atoms with E-state index in [1.165, 1.54) is 6.07 Å². The van der Waals surface area contributed by atoms with E-state index in [9.17, 15) is 4.39 Å². The zero-order valence-electron chi connectivity index (χ0n) is 9.51. The summed E-state index contributed by atoms with van der Waals surface area (Å²) in [5.41, 5.74) is 5.82. The molecule has 2 N–H and O–H groups in total. The summed E-state index contributed by atoms with van der Waals surface area (Å²) in [7, 11) is 0. The van der Waals surface area contributed by atoms with Gasteiger partial charge in [0.05, 0.1) is 0 Å². The van der Waals surface area contributed by atoms with Crippen LogP contribution >= 0.6 is 0 Å². The molecule has 0 saturated heterocycles. The lowest BCUT2D eigenvalue weighted by Gasteiger charge is -2.28. The Kier molecular flexibility index (Phi) is 3.69. The van der Waals surface area contributed by atoms with E-state index in [4.69, 9.17) is 10.5 Å². The summed E-state index contributed by atoms with van der Waals surface area (Å²) in [6.07, 6.45) is 0.791. The van der Waals surface area contributed by atoms with E-state index >= 15 is 0 Å². The standard InChI is InChI=1S/C12H18FNO/c1-4-12(3,8-14)15-10-6-5-9(2)11(13)7-10/h5-7H,4,8,14H2,1-3H3. The van der Waals surface area contributed by atoms with Crippen molar-refractivity contribution in [3.63, 3.8) is 0 Å². The quantitative estimate of drug-likeness (QED) is 0.831. The predicted molar refractivity (Wildman–Crippen MR) is 59.5 cm³/mol. The van der Waals surface area contributed by atoms with E-state index < -0.39 is 5.60 Å². The summed E-state index contributed by atoms with van der Waals surface area (Å²) in [5.74, 6) is 0.288. The molecule has 0 spiro atoms. The molecule has 15 heavy (non-hydrogen) atoms. The van der Waals surface area contributed by atoms with Crippen LogP contribution in [0, 0.1) is 12.7 Å². The number of ether oxygens (including phenoxy) is 1. The SMILES string of the molecule is CCC(C)(CN)Oc1ccc(C)c(F)c1. The van der Waals surface area contributed by atoms with Gasteiger partial charge < -0.3 is 10.5 Å². The van der Waals surface area contributed by atoms with Crippen molar-refractivity contribution in [2.45, 2.75) is 32.8 Å². The number of halogens is 1. The molecular weight excluding hydrogens is 193 g/mol. The highest BCUT2D eigenvalue weighted by Gasteiger charge is 2.22. The molecule has 1 rings (SSSR count). The normalized spacial score (nSPS) is 14.7. The molecule has 1 aromatic carbocycles. The fourth-order valence-corrected chi connectivity index (χ4v) is 1.18. The maximum Gasteiger partial charge on any atom is 0.129 e. The van der Waals surface area contributed by atoms with Crippen molar-refractivity contribution in [2.75, 3.05) is 6.54 Å². The minimum Gasteiger partial charge on any atom is -0.486 e. The summed E-state index contributed by atoms with van der Waals surface area (Å²) in [5, 5.41) is 0. The van der Waals surface area contributed by atoms with Crippen molar-refractivity contribution in [1.29, 1.82) is 0 Å². The Morgan fingerprint density at radius 3 is 2.60 bits per heavy atom. The Labute approximate surface area is 90.2 Å². The Bertz CT molecular complexity index is 334. The molecule has 0 radical (unpaired) electrons. The van der Waals surface area contributed by atoms with Gasteiger partial charge in [-0.05, 0) is 31.9 Å². The van der Waals surface area contributed by atoms with E-state index in [1.54, 1.807) is 19.1 Å². The largest absolute Gasteiger partial charge is 0.486 e. The zero-order valence-corrected chi connectivity index (χ0v) is 9.51. The third-order valence-electron chi connectivity index (χ3n) is 2.69. The molecule has 1 aromatic rings. The van der Waals surface area contributed by atoms with Crippen molar-refractivity contribution in [3.05, 3.63) is 29.6 Å². The maximum absolute atomic E-state index is 13.3. The van der Waals surface area contributed by atoms with Gasteiger partial charge in [-0.1, -0.05) is 13.0 Å². The van der Waals surface area contributed by atoms with Crippen LogP contribution in [0.3, 0.4) is 0 Å². The molecule has 0 bridgehead atoms. The third kappa shape index (κ3) is 2.93. The van der Waals surface area contributed by atoms with Crippen molar-refractivity contribution in [2.24, 2.45) is 5.73 Å². The first-order valence-corrected chi connectivity index (χ1v) is 5.16. The molecule has 0 heterocycles. The van der Waals surface area contributed by atoms with Gasteiger partial charge in [0, 0.05) is 12.6 Å². The summed E-state index contributed by atoms with van der Waals surface area (Å²) in [6.45, 7) is 6.06. The lowest BCUT2D eigenvalue weighted by atomic mass is 10.0. The van der Waals surface area contributed by atoms with Crippen LogP contribution < -0.4 is 10.5 Å². The van der Waals surface area contributed by atoms with Gasteiger partial charge in [-0.3, -0.25) is 0 Å². The van der Waals surface area contributed by atoms with Gasteiger partial charge in [-0.2, -0.15) is 0 Å². The number of rotatable bonds is 4. The van der Waals surface area contributed by atoms with Gasteiger partial charge in [0.25, 0.3) is 0 Å². The molecule has 1 atom stereocenters. The second-order valence-corrected chi connectivity index (χ2v) is 4.02. The molecule has 2 nitrogen and oxygen atoms in total. The molecule has 0 amide bonds. The average molecular weight is 211 g/mol. The molecule has 84 valence electrons. The minimum atomic E-state index is -0.415. The van der Waals surface area contributed by atoms with Gasteiger partial charge >= 0.3 is 0 Å². The second-order valence-electron chi connectivity index (χ2n) is 4.02. The van der Waals surface area contributed by atoms with E-state index in [-0.39, 0.29) is 5.82 Å². The summed E-state index contributed by atoms with van der Waals surface area (Å²) in [4.78, 5) is 0. The number of nitrogens with two attached hydrogens (primary N) is 1. The minimum absolute atomic E-state index is 0.247. The van der Waals surface area contributed by atoms with Gasteiger partial charge in [0.2, 0.25) is 0 Å². The predicted octanol–water partition coefficient (Wildman–Crippen LogP) is 2.64. The Balaban J connectivity index is 2.85. The Morgan fingerprint density at radius 1 is 1.47 bits per heavy atom. The summed E-state index contributed by atoms with van der Waals surface area (Å²) >= 11 is 0. The first-order chi connectivity index (χ1) is 7.00. The van der Waals surface area contributed by atoms with Crippen molar-refractivity contribution in [1.82, 2.24) is 0 Å². The lowest BCUT2D eigenvalue weighted by Crippen LogP contribution is -2.39. The van der Waals surface area contributed by atoms with Gasteiger partial charge in [0.15, 0.2) is 0 Å². The Hall–Kier alpha value is -1.09. The first-order valence-electron chi connectivity index (χ1n) is 5.16. The van der Waals surface area contributed by atoms with Crippen molar-refractivity contribution >= 4 is 0 Å². The average Bonchev–Trinajstić information content (AvgIpc) is 2.23. The first kappa shape index (κ1) is 12.0. The fraction of sp³-hybridized carbons (Fsp3) is 0.500. The highest BCUT2D eigenvalue weighted by molar-refractivity contribution is 5.28. The lowest BCUT2D eigenvalue weighted by molar-refractivity contribution is 0.0931. The van der Waals surface area contributed by atoms with Crippen LogP contribution in [0.1, 0.15) is 25.8 Å². The van der Waals surface area contributed by atoms with Gasteiger partial charge in [-0.25, -0.2) is 4.39 Å². The van der Waals surface area contributed by atoms with Crippen LogP contribution in [0.15, 0.2) is 18.2 Å². The molecular formula is C12H18FNO. The monoisotopic (exact) mass is 211 g/mol. The van der Waals surface area contributed by atoms with Crippen LogP contribution in [-0.4, -0.2) is 12.1 Å². The van der Waals surface area contributed by atoms with Crippen LogP contribution in [-0.2, 0) is 0 Å². The molecule has 0 aliphatic heterocycles. The third-order valence-corrected chi connectivity index (χ3v) is 2.69. The number of benzene rings is 1. The van der Waals surface area contributed by atoms with E-state index in [1.807, 2.05) is 13.8 Å². The van der Waals surface area contributed by atoms with Gasteiger partial charge in [0.1, 0.15) is 17.2 Å². The molecule has 0 fully saturated rings. The number of hydrogen-bond acceptors (Lipinski definition) is 2. The van der Waals surface area contributed by atoms with Crippen LogP contribution in [0.5, 0.6) is 5.75 Å². The second kappa shape index (κ2) is 4.62. The smallest absolute Gasteiger partial charge is 0.129 e. The maximum atomic E-state index is 13.3. The summed E-state index contributed by atoms with van der Waals surface area (Å²) < 4.78 is 18.9. The molecule has 3 heteroatoms. The van der Waals surface area contributed by atoms with E-state index in [0.717, 1.165) is 6.42 Å². The molecule has 1 unspecified atom stereocenters. The fourth-order valence-electron chi connectivity index (χ4n) is 1.18. The van der Waals surface area contributed by atoms with Crippen LogP contribution in [0.4, 0.5) is 4.39 Å². The Morgan fingerprint density at radius 2 is 2.13 bits per heavy atom. The number of hydrogen-bond donors (Lipinski definition) is 1. The van der Waals surface area contributed by atoms with E-state index in [0.29, 0.717) is 17.9 Å². The summed E-state index contributed by atoms with van der Waals surface area (Å²) in [6, 6.07) is 4.87. The van der Waals surface area contributed by atoms with Gasteiger partial charge in [-0.15, -0.1) is 0 Å². The number of aryl methyl sites for hydroxylation is 1. The zero-order chi connectivity index (χ0) is 11.5. The van der Waals surface area contributed by atoms with Crippen LogP contribution in [0.25, 0.3) is 0 Å². The molecule has 0 aliphatic carbocycles. The molecule has 0 aliphatic rings. The molecule has 0 aromatic heterocycles. The topological polar surface area (TPSA) is 35.2 Å². The highest BCUT2D eigenvalue weighted by atomic mass is 19.1. The molecule has 0 saturated carbocycles.